The monoisotopic (exact) mass is 425 g/mol. The molecule has 0 atom stereocenters. The molecule has 0 saturated heterocycles. The Bertz CT molecular complexity index is 1350. The molecule has 2 aromatic heterocycles. The lowest BCUT2D eigenvalue weighted by atomic mass is 9.96. The van der Waals surface area contributed by atoms with Crippen LogP contribution < -0.4 is 5.56 Å². The molecule has 8 nitrogen and oxygen atoms in total. The lowest BCUT2D eigenvalue weighted by Gasteiger charge is -2.13. The second kappa shape index (κ2) is 8.30. The highest BCUT2D eigenvalue weighted by molar-refractivity contribution is 5.87. The van der Waals surface area contributed by atoms with Gasteiger partial charge < -0.3 is 0 Å². The Morgan fingerprint density at radius 3 is 2.50 bits per heavy atom. The van der Waals surface area contributed by atoms with Gasteiger partial charge in [-0.15, -0.1) is 10.2 Å². The molecule has 5 rings (SSSR count). The van der Waals surface area contributed by atoms with Crippen LogP contribution in [-0.4, -0.2) is 35.9 Å². The van der Waals surface area contributed by atoms with E-state index in [0.717, 1.165) is 52.9 Å². The summed E-state index contributed by atoms with van der Waals surface area (Å²) in [7, 11) is 0. The highest BCUT2D eigenvalue weighted by Gasteiger charge is 2.21. The van der Waals surface area contributed by atoms with Crippen LogP contribution in [0, 0.1) is 0 Å². The molecule has 4 aromatic rings. The molecular weight excluding hydrogens is 402 g/mol. The van der Waals surface area contributed by atoms with Crippen LogP contribution in [0.15, 0.2) is 58.3 Å². The average molecular weight is 425 g/mol. The Kier molecular flexibility index (Phi) is 5.18. The number of hydrogen-bond donors (Lipinski definition) is 1. The van der Waals surface area contributed by atoms with Crippen molar-refractivity contribution < 1.29 is 0 Å². The van der Waals surface area contributed by atoms with Gasteiger partial charge in [0.25, 0.3) is 5.56 Å². The van der Waals surface area contributed by atoms with E-state index in [-0.39, 0.29) is 5.56 Å². The first-order valence-corrected chi connectivity index (χ1v) is 10.8. The lowest BCUT2D eigenvalue weighted by molar-refractivity contribution is 0.750. The molecule has 0 bridgehead atoms. The van der Waals surface area contributed by atoms with E-state index in [9.17, 15) is 4.79 Å². The summed E-state index contributed by atoms with van der Waals surface area (Å²) < 4.78 is 1.67. The first-order chi connectivity index (χ1) is 15.7. The first-order valence-electron chi connectivity index (χ1n) is 10.8. The van der Waals surface area contributed by atoms with E-state index < -0.39 is 0 Å². The number of rotatable bonds is 6. The maximum Gasteiger partial charge on any atom is 0.263 e. The van der Waals surface area contributed by atoms with Gasteiger partial charge in [0.2, 0.25) is 11.8 Å². The van der Waals surface area contributed by atoms with Crippen LogP contribution in [0.1, 0.15) is 32.4 Å². The maximum atomic E-state index is 13.4. The van der Waals surface area contributed by atoms with Crippen LogP contribution in [0.25, 0.3) is 33.6 Å². The third-order valence-electron chi connectivity index (χ3n) is 5.67. The van der Waals surface area contributed by atoms with Crippen LogP contribution in [0.5, 0.6) is 0 Å². The van der Waals surface area contributed by atoms with Gasteiger partial charge in [-0.3, -0.25) is 9.36 Å². The molecule has 0 saturated carbocycles. The number of aryl methyl sites for hydroxylation is 1. The van der Waals surface area contributed by atoms with Gasteiger partial charge in [-0.25, -0.2) is 9.98 Å². The van der Waals surface area contributed by atoms with Gasteiger partial charge in [0.05, 0.1) is 17.8 Å². The smallest absolute Gasteiger partial charge is 0.263 e. The van der Waals surface area contributed by atoms with Crippen LogP contribution in [0.2, 0.25) is 0 Å². The van der Waals surface area contributed by atoms with Crippen molar-refractivity contribution >= 4 is 11.7 Å². The van der Waals surface area contributed by atoms with Crippen molar-refractivity contribution in [2.45, 2.75) is 39.7 Å². The molecule has 1 aliphatic heterocycles. The van der Waals surface area contributed by atoms with E-state index >= 15 is 0 Å². The molecule has 0 fully saturated rings. The zero-order valence-electron chi connectivity index (χ0n) is 18.0. The van der Waals surface area contributed by atoms with Crippen LogP contribution in [0.4, 0.5) is 5.95 Å². The summed E-state index contributed by atoms with van der Waals surface area (Å²) >= 11 is 0. The van der Waals surface area contributed by atoms with Crippen molar-refractivity contribution in [3.8, 4) is 33.6 Å². The average Bonchev–Trinajstić information content (AvgIpc) is 3.48. The highest BCUT2D eigenvalue weighted by Crippen LogP contribution is 2.32. The number of tetrazole rings is 1. The van der Waals surface area contributed by atoms with Gasteiger partial charge in [-0.1, -0.05) is 61.9 Å². The summed E-state index contributed by atoms with van der Waals surface area (Å²) in [6, 6.07) is 16.0. The van der Waals surface area contributed by atoms with E-state index in [1.165, 1.54) is 0 Å². The fourth-order valence-electron chi connectivity index (χ4n) is 4.09. The Balaban J connectivity index is 1.58. The molecule has 160 valence electrons. The number of nitrogens with one attached hydrogen (secondary N) is 1. The molecule has 2 aromatic carbocycles. The van der Waals surface area contributed by atoms with Gasteiger partial charge in [0, 0.05) is 11.3 Å². The normalized spacial score (nSPS) is 12.6. The predicted molar refractivity (Wildman–Crippen MR) is 124 cm³/mol. The molecular formula is C24H23N7O. The number of benzene rings is 2. The molecule has 32 heavy (non-hydrogen) atoms. The Hall–Kier alpha value is -3.94. The highest BCUT2D eigenvalue weighted by atomic mass is 16.1. The van der Waals surface area contributed by atoms with Crippen LogP contribution in [-0.2, 0) is 13.0 Å². The molecule has 0 amide bonds. The van der Waals surface area contributed by atoms with Crippen molar-refractivity contribution in [2.24, 2.45) is 4.99 Å². The molecule has 0 unspecified atom stereocenters. The van der Waals surface area contributed by atoms with E-state index in [4.69, 9.17) is 4.98 Å². The number of aromatic amines is 1. The van der Waals surface area contributed by atoms with E-state index in [1.807, 2.05) is 55.5 Å². The van der Waals surface area contributed by atoms with Crippen molar-refractivity contribution in [2.75, 3.05) is 0 Å². The zero-order valence-corrected chi connectivity index (χ0v) is 18.0. The van der Waals surface area contributed by atoms with Crippen LogP contribution in [0.3, 0.4) is 0 Å². The Labute approximate surface area is 185 Å². The number of nitrogens with zero attached hydrogens (tertiary/aromatic N) is 6. The fourth-order valence-corrected chi connectivity index (χ4v) is 4.09. The molecule has 3 heterocycles. The molecule has 0 spiro atoms. The number of aromatic nitrogens is 6. The SMILES string of the molecule is CCCCc1nc2n(c(=O)c1-c1ccc(-c3ccccc3-c3nn[nH]n3)cc1)CC(C)=N2. The van der Waals surface area contributed by atoms with Gasteiger partial charge in [-0.2, -0.15) is 5.21 Å². The standard InChI is InChI=1S/C24H23N7O/c1-3-4-9-20-21(23(32)31-14-15(2)25-24(31)26-20)17-12-10-16(11-13-17)18-7-5-6-8-19(18)22-27-29-30-28-22/h5-8,10-13H,3-4,9,14H2,1-2H3,(H,27,28,29,30). The van der Waals surface area contributed by atoms with Crippen molar-refractivity contribution in [3.05, 3.63) is 64.6 Å². The van der Waals surface area contributed by atoms with Gasteiger partial charge >= 0.3 is 0 Å². The third kappa shape index (κ3) is 3.53. The van der Waals surface area contributed by atoms with Gasteiger partial charge in [-0.05, 0) is 41.7 Å². The maximum absolute atomic E-state index is 13.4. The summed E-state index contributed by atoms with van der Waals surface area (Å²) in [5, 5.41) is 14.4. The first kappa shape index (κ1) is 20.0. The van der Waals surface area contributed by atoms with E-state index in [0.29, 0.717) is 23.9 Å². The molecule has 0 radical (unpaired) electrons. The Morgan fingerprint density at radius 2 is 1.78 bits per heavy atom. The minimum absolute atomic E-state index is 0.0262. The van der Waals surface area contributed by atoms with Crippen molar-refractivity contribution in [1.29, 1.82) is 0 Å². The minimum atomic E-state index is -0.0262. The molecule has 1 aliphatic rings. The molecule has 8 heteroatoms. The van der Waals surface area contributed by atoms with E-state index in [2.05, 4.69) is 32.5 Å². The molecule has 1 N–H and O–H groups in total. The lowest BCUT2D eigenvalue weighted by Crippen LogP contribution is -2.24. The summed E-state index contributed by atoms with van der Waals surface area (Å²) in [5.41, 5.74) is 6.14. The fraction of sp³-hybridized carbons (Fsp3) is 0.250. The predicted octanol–water partition coefficient (Wildman–Crippen LogP) is 4.21. The number of aliphatic imine (C=N–C) groups is 1. The second-order valence-corrected chi connectivity index (χ2v) is 7.93. The number of H-pyrrole nitrogens is 1. The summed E-state index contributed by atoms with van der Waals surface area (Å²) in [6.07, 6.45) is 2.77. The van der Waals surface area contributed by atoms with Crippen LogP contribution >= 0.6 is 0 Å². The minimum Gasteiger partial charge on any atom is -0.271 e. The zero-order chi connectivity index (χ0) is 22.1. The third-order valence-corrected chi connectivity index (χ3v) is 5.67. The molecule has 0 aliphatic carbocycles. The number of hydrogen-bond acceptors (Lipinski definition) is 6. The Morgan fingerprint density at radius 1 is 1.03 bits per heavy atom. The van der Waals surface area contributed by atoms with Crippen molar-refractivity contribution in [1.82, 2.24) is 30.2 Å². The van der Waals surface area contributed by atoms with E-state index in [1.54, 1.807) is 4.57 Å². The topological polar surface area (TPSA) is 102 Å². The quantitative estimate of drug-likeness (QED) is 0.499. The summed E-state index contributed by atoms with van der Waals surface area (Å²) in [6.45, 7) is 4.56. The summed E-state index contributed by atoms with van der Waals surface area (Å²) in [4.78, 5) is 22.6. The van der Waals surface area contributed by atoms with Crippen molar-refractivity contribution in [3.63, 3.8) is 0 Å². The second-order valence-electron chi connectivity index (χ2n) is 7.93. The van der Waals surface area contributed by atoms with Gasteiger partial charge in [0.1, 0.15) is 0 Å². The largest absolute Gasteiger partial charge is 0.271 e. The van der Waals surface area contributed by atoms with Gasteiger partial charge in [0.15, 0.2) is 0 Å². The summed E-state index contributed by atoms with van der Waals surface area (Å²) in [5.74, 6) is 1.07. The number of fused-ring (bicyclic) bond motifs is 1. The number of unbranched alkanes of at least 4 members (excludes halogenated alkanes) is 1.